The fraction of sp³-hybridized carbons (Fsp3) is 0.294. The average Bonchev–Trinajstić information content (AvgIpc) is 2.76. The normalized spacial score (nSPS) is 18.1. The Kier molecular flexibility index (Phi) is 5.18. The number of halogens is 4. The molecule has 140 valence electrons. The van der Waals surface area contributed by atoms with E-state index in [1.54, 1.807) is 18.2 Å². The first-order valence-corrected chi connectivity index (χ1v) is 9.76. The molecule has 9 heteroatoms. The topological polar surface area (TPSA) is 58.2 Å². The van der Waals surface area contributed by atoms with Gasteiger partial charge in [-0.25, -0.2) is 8.42 Å². The van der Waals surface area contributed by atoms with E-state index in [1.807, 2.05) is 0 Å². The monoisotopic (exact) mass is 404 g/mol. The van der Waals surface area contributed by atoms with Crippen molar-refractivity contribution in [2.45, 2.75) is 22.9 Å². The molecule has 0 radical (unpaired) electrons. The molecule has 0 bridgehead atoms. The molecule has 0 fully saturated rings. The Hall–Kier alpha value is -1.77. The Bertz CT molecular complexity index is 916. The molecule has 0 aromatic heterocycles. The van der Waals surface area contributed by atoms with Crippen LogP contribution >= 0.6 is 11.6 Å². The van der Waals surface area contributed by atoms with E-state index in [4.69, 9.17) is 11.6 Å². The Morgan fingerprint density at radius 3 is 2.65 bits per heavy atom. The van der Waals surface area contributed by atoms with E-state index in [-0.39, 0.29) is 11.1 Å². The van der Waals surface area contributed by atoms with Crippen LogP contribution in [0.2, 0.25) is 0 Å². The average molecular weight is 405 g/mol. The summed E-state index contributed by atoms with van der Waals surface area (Å²) in [6, 6.07) is 8.61. The van der Waals surface area contributed by atoms with E-state index in [2.05, 4.69) is 10.0 Å². The van der Waals surface area contributed by atoms with Gasteiger partial charge in [-0.2, -0.15) is 13.2 Å². The maximum Gasteiger partial charge on any atom is 0.416 e. The van der Waals surface area contributed by atoms with Crippen LogP contribution in [0.5, 0.6) is 0 Å². The fourth-order valence-corrected chi connectivity index (χ4v) is 4.20. The summed E-state index contributed by atoms with van der Waals surface area (Å²) in [4.78, 5) is -0.452. The summed E-state index contributed by atoms with van der Waals surface area (Å²) in [5, 5.41) is 2.87. The van der Waals surface area contributed by atoms with E-state index in [1.165, 1.54) is 0 Å². The number of anilines is 1. The first-order chi connectivity index (χ1) is 12.2. The standard InChI is InChI=1S/C17H16ClF3N2O2S/c18-16-10-22-7-6-11-4-5-13(9-15(11)16)23-26(24,25)14-3-1-2-12(8-14)17(19,20)21/h1-5,8-9,16,22-23H,6-7,10H2. The molecule has 1 atom stereocenters. The molecule has 0 spiro atoms. The van der Waals surface area contributed by atoms with Crippen LogP contribution in [0.4, 0.5) is 18.9 Å². The summed E-state index contributed by atoms with van der Waals surface area (Å²) in [5.74, 6) is 0. The first-order valence-electron chi connectivity index (χ1n) is 7.84. The van der Waals surface area contributed by atoms with Crippen LogP contribution in [0, 0.1) is 0 Å². The van der Waals surface area contributed by atoms with Crippen LogP contribution in [-0.4, -0.2) is 21.5 Å². The molecule has 1 aliphatic heterocycles. The molecule has 2 aromatic carbocycles. The van der Waals surface area contributed by atoms with Gasteiger partial charge in [0, 0.05) is 12.2 Å². The highest BCUT2D eigenvalue weighted by Crippen LogP contribution is 2.32. The molecule has 26 heavy (non-hydrogen) atoms. The highest BCUT2D eigenvalue weighted by Gasteiger charge is 2.31. The van der Waals surface area contributed by atoms with Gasteiger partial charge in [0.05, 0.1) is 15.8 Å². The van der Waals surface area contributed by atoms with Crippen LogP contribution in [-0.2, 0) is 22.6 Å². The third kappa shape index (κ3) is 4.13. The van der Waals surface area contributed by atoms with E-state index in [0.29, 0.717) is 12.6 Å². The predicted molar refractivity (Wildman–Crippen MR) is 93.9 cm³/mol. The summed E-state index contributed by atoms with van der Waals surface area (Å²) in [6.45, 7) is 1.32. The first kappa shape index (κ1) is 19.0. The predicted octanol–water partition coefficient (Wildman–Crippen LogP) is 3.93. The van der Waals surface area contributed by atoms with Gasteiger partial charge < -0.3 is 5.32 Å². The van der Waals surface area contributed by atoms with Crippen molar-refractivity contribution >= 4 is 27.3 Å². The van der Waals surface area contributed by atoms with Gasteiger partial charge in [0.2, 0.25) is 0 Å². The largest absolute Gasteiger partial charge is 0.416 e. The summed E-state index contributed by atoms with van der Waals surface area (Å²) in [6.07, 6.45) is -3.85. The number of rotatable bonds is 3. The number of fused-ring (bicyclic) bond motifs is 1. The summed E-state index contributed by atoms with van der Waals surface area (Å²) >= 11 is 6.32. The number of benzene rings is 2. The Morgan fingerprint density at radius 2 is 1.92 bits per heavy atom. The SMILES string of the molecule is O=S(=O)(Nc1ccc2c(c1)C(Cl)CNCC2)c1cccc(C(F)(F)F)c1. The molecule has 2 aromatic rings. The van der Waals surface area contributed by atoms with Crippen LogP contribution in [0.15, 0.2) is 47.4 Å². The zero-order chi connectivity index (χ0) is 18.9. The van der Waals surface area contributed by atoms with Gasteiger partial charge in [0.1, 0.15) is 0 Å². The van der Waals surface area contributed by atoms with Crippen molar-refractivity contribution < 1.29 is 21.6 Å². The highest BCUT2D eigenvalue weighted by atomic mass is 35.5. The number of hydrogen-bond donors (Lipinski definition) is 2. The maximum absolute atomic E-state index is 12.8. The lowest BCUT2D eigenvalue weighted by molar-refractivity contribution is -0.137. The van der Waals surface area contributed by atoms with Crippen molar-refractivity contribution in [1.29, 1.82) is 0 Å². The molecule has 1 unspecified atom stereocenters. The maximum atomic E-state index is 12.8. The quantitative estimate of drug-likeness (QED) is 0.762. The molecule has 0 aliphatic carbocycles. The van der Waals surface area contributed by atoms with Gasteiger partial charge in [0.25, 0.3) is 10.0 Å². The lowest BCUT2D eigenvalue weighted by atomic mass is 10.0. The number of nitrogens with one attached hydrogen (secondary N) is 2. The Morgan fingerprint density at radius 1 is 1.15 bits per heavy atom. The molecule has 0 amide bonds. The molecule has 1 aliphatic rings. The molecule has 3 rings (SSSR count). The van der Waals surface area contributed by atoms with Gasteiger partial charge in [0.15, 0.2) is 0 Å². The van der Waals surface area contributed by atoms with Crippen molar-refractivity contribution in [3.63, 3.8) is 0 Å². The van der Waals surface area contributed by atoms with Crippen LogP contribution < -0.4 is 10.0 Å². The molecule has 0 saturated heterocycles. The van der Waals surface area contributed by atoms with Crippen molar-refractivity contribution in [2.24, 2.45) is 0 Å². The second-order valence-corrected chi connectivity index (χ2v) is 8.18. The summed E-state index contributed by atoms with van der Waals surface area (Å²) in [5.41, 5.74) is 1.06. The highest BCUT2D eigenvalue weighted by molar-refractivity contribution is 7.92. The van der Waals surface area contributed by atoms with Crippen molar-refractivity contribution in [2.75, 3.05) is 17.8 Å². The van der Waals surface area contributed by atoms with Crippen LogP contribution in [0.1, 0.15) is 22.1 Å². The zero-order valence-electron chi connectivity index (χ0n) is 13.5. The van der Waals surface area contributed by atoms with Crippen LogP contribution in [0.3, 0.4) is 0 Å². The molecular weight excluding hydrogens is 389 g/mol. The molecule has 2 N–H and O–H groups in total. The van der Waals surface area contributed by atoms with Crippen molar-refractivity contribution in [3.05, 3.63) is 59.2 Å². The number of hydrogen-bond acceptors (Lipinski definition) is 3. The second-order valence-electron chi connectivity index (χ2n) is 5.97. The van der Waals surface area contributed by atoms with Crippen molar-refractivity contribution in [3.8, 4) is 0 Å². The summed E-state index contributed by atoms with van der Waals surface area (Å²) < 4.78 is 65.7. The molecular formula is C17H16ClF3N2O2S. The van der Waals surface area contributed by atoms with Gasteiger partial charge in [-0.3, -0.25) is 4.72 Å². The lowest BCUT2D eigenvalue weighted by Gasteiger charge is -2.15. The van der Waals surface area contributed by atoms with E-state index in [9.17, 15) is 21.6 Å². The lowest BCUT2D eigenvalue weighted by Crippen LogP contribution is -2.17. The van der Waals surface area contributed by atoms with E-state index >= 15 is 0 Å². The fourth-order valence-electron chi connectivity index (χ4n) is 2.79. The van der Waals surface area contributed by atoms with Gasteiger partial charge in [-0.1, -0.05) is 12.1 Å². The minimum absolute atomic E-state index is 0.258. The number of alkyl halides is 4. The third-order valence-electron chi connectivity index (χ3n) is 4.10. The third-order valence-corrected chi connectivity index (χ3v) is 5.87. The smallest absolute Gasteiger partial charge is 0.315 e. The van der Waals surface area contributed by atoms with Crippen molar-refractivity contribution in [1.82, 2.24) is 5.32 Å². The Labute approximate surface area is 154 Å². The zero-order valence-corrected chi connectivity index (χ0v) is 15.0. The van der Waals surface area contributed by atoms with Gasteiger partial charge >= 0.3 is 6.18 Å². The number of sulfonamides is 1. The molecule has 1 heterocycles. The Balaban J connectivity index is 1.91. The van der Waals surface area contributed by atoms with Gasteiger partial charge in [-0.05, 0) is 54.4 Å². The minimum Gasteiger partial charge on any atom is -0.315 e. The molecule has 4 nitrogen and oxygen atoms in total. The molecule has 0 saturated carbocycles. The van der Waals surface area contributed by atoms with E-state index < -0.39 is 26.7 Å². The van der Waals surface area contributed by atoms with Gasteiger partial charge in [-0.15, -0.1) is 11.6 Å². The van der Waals surface area contributed by atoms with E-state index in [0.717, 1.165) is 42.3 Å². The van der Waals surface area contributed by atoms with Crippen LogP contribution in [0.25, 0.3) is 0 Å². The minimum atomic E-state index is -4.62. The summed E-state index contributed by atoms with van der Waals surface area (Å²) in [7, 11) is -4.16. The second kappa shape index (κ2) is 7.09.